The summed E-state index contributed by atoms with van der Waals surface area (Å²) in [4.78, 5) is 4.48. The van der Waals surface area contributed by atoms with Crippen LogP contribution in [0.2, 0.25) is 5.02 Å². The molecule has 3 rings (SSSR count). The highest BCUT2D eigenvalue weighted by atomic mass is 35.5. The first-order valence-electron chi connectivity index (χ1n) is 6.86. The van der Waals surface area contributed by atoms with E-state index in [1.54, 1.807) is 4.68 Å². The largest absolute Gasteiger partial charge is 0.377 e. The minimum absolute atomic E-state index is 0.179. The third kappa shape index (κ3) is 2.72. The SMILES string of the molecule is Cc1nn(C)c2ncc(NC(C)c3ccc(Cl)cc3)cc12. The van der Waals surface area contributed by atoms with Gasteiger partial charge in [-0.05, 0) is 37.6 Å². The molecule has 0 aliphatic rings. The van der Waals surface area contributed by atoms with Crippen LogP contribution in [-0.2, 0) is 7.05 Å². The predicted octanol–water partition coefficient (Wildman–Crippen LogP) is 4.10. The quantitative estimate of drug-likeness (QED) is 0.792. The van der Waals surface area contributed by atoms with Crippen molar-refractivity contribution in [3.8, 4) is 0 Å². The van der Waals surface area contributed by atoms with Gasteiger partial charge in [0.15, 0.2) is 5.65 Å². The van der Waals surface area contributed by atoms with E-state index in [0.717, 1.165) is 27.4 Å². The van der Waals surface area contributed by atoms with Gasteiger partial charge in [0.25, 0.3) is 0 Å². The average molecular weight is 301 g/mol. The van der Waals surface area contributed by atoms with E-state index in [9.17, 15) is 0 Å². The Morgan fingerprint density at radius 1 is 1.24 bits per heavy atom. The van der Waals surface area contributed by atoms with Crippen LogP contribution in [0.15, 0.2) is 36.5 Å². The van der Waals surface area contributed by atoms with Crippen LogP contribution >= 0.6 is 11.6 Å². The Hall–Kier alpha value is -2.07. The van der Waals surface area contributed by atoms with Crippen LogP contribution in [0.5, 0.6) is 0 Å². The standard InChI is InChI=1S/C16H17ClN4/c1-10(12-4-6-13(17)7-5-12)19-14-8-15-11(2)20-21(3)16(15)18-9-14/h4-10,19H,1-3H3. The summed E-state index contributed by atoms with van der Waals surface area (Å²) >= 11 is 5.92. The number of fused-ring (bicyclic) bond motifs is 1. The molecule has 108 valence electrons. The lowest BCUT2D eigenvalue weighted by molar-refractivity contribution is 0.773. The van der Waals surface area contributed by atoms with Gasteiger partial charge in [0.1, 0.15) is 0 Å². The molecule has 0 radical (unpaired) electrons. The monoisotopic (exact) mass is 300 g/mol. The van der Waals surface area contributed by atoms with E-state index in [0.29, 0.717) is 0 Å². The first kappa shape index (κ1) is 13.9. The van der Waals surface area contributed by atoms with Crippen molar-refractivity contribution in [1.29, 1.82) is 0 Å². The molecule has 3 aromatic rings. The van der Waals surface area contributed by atoms with Gasteiger partial charge in [0, 0.05) is 23.5 Å². The molecule has 2 heterocycles. The van der Waals surface area contributed by atoms with E-state index in [4.69, 9.17) is 11.6 Å². The van der Waals surface area contributed by atoms with Gasteiger partial charge in [0.2, 0.25) is 0 Å². The van der Waals surface area contributed by atoms with Gasteiger partial charge < -0.3 is 5.32 Å². The van der Waals surface area contributed by atoms with Gasteiger partial charge in [-0.1, -0.05) is 23.7 Å². The van der Waals surface area contributed by atoms with Gasteiger partial charge in [-0.3, -0.25) is 4.68 Å². The molecule has 1 atom stereocenters. The van der Waals surface area contributed by atoms with Crippen LogP contribution in [-0.4, -0.2) is 14.8 Å². The molecule has 1 aromatic carbocycles. The molecule has 21 heavy (non-hydrogen) atoms. The zero-order valence-electron chi connectivity index (χ0n) is 12.3. The van der Waals surface area contributed by atoms with E-state index >= 15 is 0 Å². The van der Waals surface area contributed by atoms with Crippen molar-refractivity contribution in [3.05, 3.63) is 52.8 Å². The molecule has 0 aliphatic heterocycles. The van der Waals surface area contributed by atoms with Gasteiger partial charge in [-0.25, -0.2) is 4.98 Å². The minimum Gasteiger partial charge on any atom is -0.377 e. The lowest BCUT2D eigenvalue weighted by atomic mass is 10.1. The third-order valence-electron chi connectivity index (χ3n) is 3.62. The molecule has 1 N–H and O–H groups in total. The van der Waals surface area contributed by atoms with Gasteiger partial charge in [-0.2, -0.15) is 5.10 Å². The Kier molecular flexibility index (Phi) is 3.55. The number of nitrogens with zero attached hydrogens (tertiary/aromatic N) is 3. The summed E-state index contributed by atoms with van der Waals surface area (Å²) in [5.41, 5.74) is 4.06. The lowest BCUT2D eigenvalue weighted by Crippen LogP contribution is -2.06. The third-order valence-corrected chi connectivity index (χ3v) is 3.87. The molecule has 0 bridgehead atoms. The number of aryl methyl sites for hydroxylation is 2. The molecule has 1 unspecified atom stereocenters. The number of halogens is 1. The number of benzene rings is 1. The minimum atomic E-state index is 0.179. The molecule has 4 nitrogen and oxygen atoms in total. The number of rotatable bonds is 3. The normalized spacial score (nSPS) is 12.6. The maximum absolute atomic E-state index is 5.92. The van der Waals surface area contributed by atoms with Crippen molar-refractivity contribution in [3.63, 3.8) is 0 Å². The molecular formula is C16H17ClN4. The summed E-state index contributed by atoms with van der Waals surface area (Å²) in [6, 6.07) is 10.1. The summed E-state index contributed by atoms with van der Waals surface area (Å²) in [5.74, 6) is 0. The number of hydrogen-bond acceptors (Lipinski definition) is 3. The molecule has 0 fully saturated rings. The van der Waals surface area contributed by atoms with Gasteiger partial charge in [-0.15, -0.1) is 0 Å². The first-order chi connectivity index (χ1) is 10.0. The Balaban J connectivity index is 1.87. The topological polar surface area (TPSA) is 42.7 Å². The first-order valence-corrected chi connectivity index (χ1v) is 7.24. The highest BCUT2D eigenvalue weighted by molar-refractivity contribution is 6.30. The number of pyridine rings is 1. The smallest absolute Gasteiger partial charge is 0.157 e. The second-order valence-corrected chi connectivity index (χ2v) is 5.66. The van der Waals surface area contributed by atoms with Crippen LogP contribution in [0.1, 0.15) is 24.2 Å². The van der Waals surface area contributed by atoms with Crippen molar-refractivity contribution in [1.82, 2.24) is 14.8 Å². The van der Waals surface area contributed by atoms with Crippen LogP contribution in [0, 0.1) is 6.92 Å². The summed E-state index contributed by atoms with van der Waals surface area (Å²) in [7, 11) is 1.91. The Morgan fingerprint density at radius 3 is 2.67 bits per heavy atom. The summed E-state index contributed by atoms with van der Waals surface area (Å²) in [6.07, 6.45) is 1.84. The van der Waals surface area contributed by atoms with Crippen LogP contribution < -0.4 is 5.32 Å². The highest BCUT2D eigenvalue weighted by Gasteiger charge is 2.09. The maximum Gasteiger partial charge on any atom is 0.157 e. The van der Waals surface area contributed by atoms with Gasteiger partial charge >= 0.3 is 0 Å². The Morgan fingerprint density at radius 2 is 1.95 bits per heavy atom. The van der Waals surface area contributed by atoms with Crippen molar-refractivity contribution in [2.75, 3.05) is 5.32 Å². The fourth-order valence-corrected chi connectivity index (χ4v) is 2.60. The zero-order valence-corrected chi connectivity index (χ0v) is 13.0. The fourth-order valence-electron chi connectivity index (χ4n) is 2.47. The maximum atomic E-state index is 5.92. The van der Waals surface area contributed by atoms with Gasteiger partial charge in [0.05, 0.1) is 17.6 Å². The molecule has 0 aliphatic carbocycles. The fraction of sp³-hybridized carbons (Fsp3) is 0.250. The van der Waals surface area contributed by atoms with Crippen LogP contribution in [0.25, 0.3) is 11.0 Å². The second kappa shape index (κ2) is 5.37. The van der Waals surface area contributed by atoms with Crippen LogP contribution in [0.4, 0.5) is 5.69 Å². The summed E-state index contributed by atoms with van der Waals surface area (Å²) in [6.45, 7) is 4.11. The van der Waals surface area contributed by atoms with E-state index < -0.39 is 0 Å². The molecule has 2 aromatic heterocycles. The number of aromatic nitrogens is 3. The van der Waals surface area contributed by atoms with E-state index in [1.807, 2.05) is 44.4 Å². The molecule has 0 saturated carbocycles. The molecule has 5 heteroatoms. The van der Waals surface area contributed by atoms with Crippen LogP contribution in [0.3, 0.4) is 0 Å². The predicted molar refractivity (Wildman–Crippen MR) is 86.7 cm³/mol. The van der Waals surface area contributed by atoms with E-state index in [-0.39, 0.29) is 6.04 Å². The Bertz CT molecular complexity index is 777. The lowest BCUT2D eigenvalue weighted by Gasteiger charge is -2.15. The van der Waals surface area contributed by atoms with Crippen molar-refractivity contribution in [2.24, 2.45) is 7.05 Å². The van der Waals surface area contributed by atoms with E-state index in [2.05, 4.69) is 28.4 Å². The van der Waals surface area contributed by atoms with Crippen molar-refractivity contribution in [2.45, 2.75) is 19.9 Å². The Labute approximate surface area is 128 Å². The zero-order chi connectivity index (χ0) is 15.0. The second-order valence-electron chi connectivity index (χ2n) is 5.22. The molecule has 0 spiro atoms. The van der Waals surface area contributed by atoms with Crippen molar-refractivity contribution < 1.29 is 0 Å². The number of anilines is 1. The number of hydrogen-bond donors (Lipinski definition) is 1. The molecule has 0 amide bonds. The number of nitrogens with one attached hydrogen (secondary N) is 1. The average Bonchev–Trinajstić information content (AvgIpc) is 2.74. The molecule has 0 saturated heterocycles. The highest BCUT2D eigenvalue weighted by Crippen LogP contribution is 2.24. The summed E-state index contributed by atoms with van der Waals surface area (Å²) in [5, 5.41) is 9.68. The van der Waals surface area contributed by atoms with E-state index in [1.165, 1.54) is 5.56 Å². The summed E-state index contributed by atoms with van der Waals surface area (Å²) < 4.78 is 1.80. The molecular weight excluding hydrogens is 284 g/mol. The van der Waals surface area contributed by atoms with Crippen molar-refractivity contribution >= 4 is 28.3 Å².